The fourth-order valence-corrected chi connectivity index (χ4v) is 1.21. The molecule has 14 heavy (non-hydrogen) atoms. The Kier molecular flexibility index (Phi) is 2.77. The molecule has 3 nitrogen and oxygen atoms in total. The molecule has 0 radical (unpaired) electrons. The van der Waals surface area contributed by atoms with Crippen molar-refractivity contribution in [1.82, 2.24) is 10.2 Å². The summed E-state index contributed by atoms with van der Waals surface area (Å²) in [6, 6.07) is 3.91. The van der Waals surface area contributed by atoms with Gasteiger partial charge in [-0.1, -0.05) is 12.2 Å². The SMILES string of the molecule is Cc1ccc(NC/C=C/C2CC2)nn1. The van der Waals surface area contributed by atoms with E-state index in [2.05, 4.69) is 27.7 Å². The number of allylic oxidation sites excluding steroid dienone is 1. The third-order valence-corrected chi connectivity index (χ3v) is 2.23. The van der Waals surface area contributed by atoms with Crippen LogP contribution in [0.5, 0.6) is 0 Å². The van der Waals surface area contributed by atoms with E-state index in [1.165, 1.54) is 12.8 Å². The van der Waals surface area contributed by atoms with Crippen LogP contribution in [0.1, 0.15) is 18.5 Å². The summed E-state index contributed by atoms with van der Waals surface area (Å²) in [6.07, 6.45) is 7.16. The van der Waals surface area contributed by atoms with Crippen molar-refractivity contribution in [2.45, 2.75) is 19.8 Å². The normalized spacial score (nSPS) is 16.1. The standard InChI is InChI=1S/C11H15N3/c1-9-4-7-11(14-13-9)12-8-2-3-10-5-6-10/h2-4,7,10H,5-6,8H2,1H3,(H,12,14)/b3-2+. The Morgan fingerprint density at radius 2 is 2.29 bits per heavy atom. The summed E-state index contributed by atoms with van der Waals surface area (Å²) < 4.78 is 0. The molecule has 1 aromatic heterocycles. The van der Waals surface area contributed by atoms with E-state index >= 15 is 0 Å². The van der Waals surface area contributed by atoms with Gasteiger partial charge in [0.15, 0.2) is 0 Å². The molecule has 1 saturated carbocycles. The van der Waals surface area contributed by atoms with Crippen LogP contribution < -0.4 is 5.32 Å². The van der Waals surface area contributed by atoms with Gasteiger partial charge in [0.2, 0.25) is 0 Å². The Bertz CT molecular complexity index is 312. The van der Waals surface area contributed by atoms with Gasteiger partial charge in [0.25, 0.3) is 0 Å². The number of rotatable bonds is 4. The summed E-state index contributed by atoms with van der Waals surface area (Å²) >= 11 is 0. The molecule has 0 unspecified atom stereocenters. The fourth-order valence-electron chi connectivity index (χ4n) is 1.21. The van der Waals surface area contributed by atoms with Crippen LogP contribution in [0.4, 0.5) is 5.82 Å². The van der Waals surface area contributed by atoms with Gasteiger partial charge in [-0.05, 0) is 37.8 Å². The lowest BCUT2D eigenvalue weighted by Crippen LogP contribution is -2.01. The summed E-state index contributed by atoms with van der Waals surface area (Å²) in [4.78, 5) is 0. The Morgan fingerprint density at radius 3 is 2.93 bits per heavy atom. The van der Waals surface area contributed by atoms with E-state index in [-0.39, 0.29) is 0 Å². The van der Waals surface area contributed by atoms with Crippen molar-refractivity contribution < 1.29 is 0 Å². The van der Waals surface area contributed by atoms with Gasteiger partial charge < -0.3 is 5.32 Å². The average Bonchev–Trinajstić information content (AvgIpc) is 2.99. The smallest absolute Gasteiger partial charge is 0.148 e. The van der Waals surface area contributed by atoms with E-state index in [0.29, 0.717) is 0 Å². The Balaban J connectivity index is 1.76. The lowest BCUT2D eigenvalue weighted by Gasteiger charge is -2.00. The molecule has 1 aromatic rings. The third-order valence-electron chi connectivity index (χ3n) is 2.23. The number of aromatic nitrogens is 2. The molecular weight excluding hydrogens is 174 g/mol. The molecular formula is C11H15N3. The molecule has 0 spiro atoms. The highest BCUT2D eigenvalue weighted by atomic mass is 15.2. The summed E-state index contributed by atoms with van der Waals surface area (Å²) in [5.41, 5.74) is 0.948. The summed E-state index contributed by atoms with van der Waals surface area (Å²) in [6.45, 7) is 2.78. The Labute approximate surface area is 84.2 Å². The van der Waals surface area contributed by atoms with Crippen LogP contribution >= 0.6 is 0 Å². The molecule has 3 heteroatoms. The maximum absolute atomic E-state index is 4.02. The summed E-state index contributed by atoms with van der Waals surface area (Å²) in [5.74, 6) is 1.69. The van der Waals surface area contributed by atoms with E-state index < -0.39 is 0 Å². The van der Waals surface area contributed by atoms with Gasteiger partial charge in [-0.3, -0.25) is 0 Å². The fraction of sp³-hybridized carbons (Fsp3) is 0.455. The van der Waals surface area contributed by atoms with Crippen molar-refractivity contribution in [2.75, 3.05) is 11.9 Å². The molecule has 74 valence electrons. The molecule has 1 aliphatic rings. The second kappa shape index (κ2) is 4.22. The first-order valence-electron chi connectivity index (χ1n) is 5.05. The second-order valence-corrected chi connectivity index (χ2v) is 3.71. The molecule has 1 N–H and O–H groups in total. The zero-order valence-electron chi connectivity index (χ0n) is 8.40. The van der Waals surface area contributed by atoms with Crippen LogP contribution in [0, 0.1) is 12.8 Å². The minimum absolute atomic E-state index is 0.842. The average molecular weight is 189 g/mol. The lowest BCUT2D eigenvalue weighted by atomic mass is 10.3. The highest BCUT2D eigenvalue weighted by molar-refractivity contribution is 5.33. The van der Waals surface area contributed by atoms with Crippen molar-refractivity contribution in [2.24, 2.45) is 5.92 Å². The molecule has 0 bridgehead atoms. The first-order chi connectivity index (χ1) is 6.84. The van der Waals surface area contributed by atoms with Crippen LogP contribution in [-0.4, -0.2) is 16.7 Å². The minimum atomic E-state index is 0.842. The molecule has 0 aromatic carbocycles. The summed E-state index contributed by atoms with van der Waals surface area (Å²) in [5, 5.41) is 11.2. The number of anilines is 1. The molecule has 0 amide bonds. The molecule has 0 aliphatic heterocycles. The zero-order chi connectivity index (χ0) is 9.80. The second-order valence-electron chi connectivity index (χ2n) is 3.71. The monoisotopic (exact) mass is 189 g/mol. The van der Waals surface area contributed by atoms with Gasteiger partial charge in [-0.2, -0.15) is 5.10 Å². The first-order valence-corrected chi connectivity index (χ1v) is 5.05. The quantitative estimate of drug-likeness (QED) is 0.737. The van der Waals surface area contributed by atoms with Gasteiger partial charge in [-0.25, -0.2) is 0 Å². The van der Waals surface area contributed by atoms with Crippen LogP contribution in [0.2, 0.25) is 0 Å². The van der Waals surface area contributed by atoms with E-state index in [1.54, 1.807) is 0 Å². The van der Waals surface area contributed by atoms with Crippen molar-refractivity contribution in [1.29, 1.82) is 0 Å². The van der Waals surface area contributed by atoms with Crippen molar-refractivity contribution in [3.05, 3.63) is 30.0 Å². The number of aryl methyl sites for hydroxylation is 1. The van der Waals surface area contributed by atoms with Crippen LogP contribution in [0.15, 0.2) is 24.3 Å². The predicted molar refractivity (Wildman–Crippen MR) is 57.1 cm³/mol. The summed E-state index contributed by atoms with van der Waals surface area (Å²) in [7, 11) is 0. The first kappa shape index (κ1) is 9.19. The van der Waals surface area contributed by atoms with Crippen LogP contribution in [-0.2, 0) is 0 Å². The van der Waals surface area contributed by atoms with Crippen molar-refractivity contribution in [3.8, 4) is 0 Å². The van der Waals surface area contributed by atoms with Gasteiger partial charge in [0.05, 0.1) is 5.69 Å². The maximum Gasteiger partial charge on any atom is 0.148 e. The molecule has 0 saturated heterocycles. The highest BCUT2D eigenvalue weighted by Gasteiger charge is 2.16. The molecule has 1 heterocycles. The highest BCUT2D eigenvalue weighted by Crippen LogP contribution is 2.29. The largest absolute Gasteiger partial charge is 0.365 e. The molecule has 1 fully saturated rings. The van der Waals surface area contributed by atoms with Gasteiger partial charge in [0, 0.05) is 6.54 Å². The van der Waals surface area contributed by atoms with Gasteiger partial charge in [0.1, 0.15) is 5.82 Å². The number of hydrogen-bond acceptors (Lipinski definition) is 3. The minimum Gasteiger partial charge on any atom is -0.365 e. The van der Waals surface area contributed by atoms with E-state index in [1.807, 2.05) is 19.1 Å². The third kappa shape index (κ3) is 2.83. The van der Waals surface area contributed by atoms with E-state index in [0.717, 1.165) is 24.0 Å². The zero-order valence-corrected chi connectivity index (χ0v) is 8.40. The number of nitrogens with one attached hydrogen (secondary N) is 1. The van der Waals surface area contributed by atoms with E-state index in [4.69, 9.17) is 0 Å². The van der Waals surface area contributed by atoms with Gasteiger partial charge >= 0.3 is 0 Å². The van der Waals surface area contributed by atoms with Crippen molar-refractivity contribution >= 4 is 5.82 Å². The molecule has 2 rings (SSSR count). The maximum atomic E-state index is 4.02. The topological polar surface area (TPSA) is 37.8 Å². The number of hydrogen-bond donors (Lipinski definition) is 1. The van der Waals surface area contributed by atoms with Crippen LogP contribution in [0.25, 0.3) is 0 Å². The van der Waals surface area contributed by atoms with Gasteiger partial charge in [-0.15, -0.1) is 5.10 Å². The predicted octanol–water partition coefficient (Wildman–Crippen LogP) is 2.16. The Morgan fingerprint density at radius 1 is 1.43 bits per heavy atom. The Hall–Kier alpha value is -1.38. The van der Waals surface area contributed by atoms with Crippen molar-refractivity contribution in [3.63, 3.8) is 0 Å². The molecule has 1 aliphatic carbocycles. The number of nitrogens with zero attached hydrogens (tertiary/aromatic N) is 2. The van der Waals surface area contributed by atoms with Crippen LogP contribution in [0.3, 0.4) is 0 Å². The molecule has 0 atom stereocenters. The lowest BCUT2D eigenvalue weighted by molar-refractivity contribution is 0.975. The van der Waals surface area contributed by atoms with E-state index in [9.17, 15) is 0 Å².